The van der Waals surface area contributed by atoms with Gasteiger partial charge >= 0.3 is 0 Å². The maximum Gasteiger partial charge on any atom is 0.0439 e. The Morgan fingerprint density at radius 3 is 1.58 bits per heavy atom. The van der Waals surface area contributed by atoms with Gasteiger partial charge in [0.1, 0.15) is 0 Å². The molecule has 0 aromatic rings. The van der Waals surface area contributed by atoms with Crippen molar-refractivity contribution in [1.29, 1.82) is 0 Å². The van der Waals surface area contributed by atoms with E-state index in [0.717, 1.165) is 24.3 Å². The summed E-state index contributed by atoms with van der Waals surface area (Å²) in [6.45, 7) is 0.553. The number of aliphatic hydroxyl groups is 2. The van der Waals surface area contributed by atoms with Gasteiger partial charge in [0, 0.05) is 13.2 Å². The minimum absolute atomic E-state index is 0.276. The summed E-state index contributed by atoms with van der Waals surface area (Å²) < 4.78 is 0. The molecule has 0 heterocycles. The fourth-order valence-corrected chi connectivity index (χ4v) is 2.00. The summed E-state index contributed by atoms with van der Waals surface area (Å²) in [6.07, 6.45) is 1.71. The van der Waals surface area contributed by atoms with Crippen LogP contribution in [-0.2, 0) is 0 Å². The quantitative estimate of drug-likeness (QED) is 0.596. The first-order valence-corrected chi connectivity index (χ1v) is 6.11. The fraction of sp³-hybridized carbons (Fsp3) is 0.750. The molecule has 12 heavy (non-hydrogen) atoms. The summed E-state index contributed by atoms with van der Waals surface area (Å²) in [5.41, 5.74) is 0. The molecule has 0 rings (SSSR count). The van der Waals surface area contributed by atoms with E-state index in [1.807, 2.05) is 10.8 Å². The molecule has 0 saturated carbocycles. The molecule has 0 spiro atoms. The average molecular weight is 208 g/mol. The first-order chi connectivity index (χ1) is 5.91. The summed E-state index contributed by atoms with van der Waals surface area (Å²) in [6, 6.07) is 0. The number of thioether (sulfide) groups is 2. The smallest absolute Gasteiger partial charge is 0.0439 e. The third kappa shape index (κ3) is 10.4. The first kappa shape index (κ1) is 12.4. The van der Waals surface area contributed by atoms with Crippen LogP contribution in [0.15, 0.2) is 10.8 Å². The Hall–Kier alpha value is 0.360. The zero-order chi connectivity index (χ0) is 9.07. The van der Waals surface area contributed by atoms with Gasteiger partial charge in [0.25, 0.3) is 0 Å². The lowest BCUT2D eigenvalue weighted by Gasteiger charge is -1.92. The lowest BCUT2D eigenvalue weighted by Crippen LogP contribution is -1.83. The van der Waals surface area contributed by atoms with Crippen molar-refractivity contribution in [2.45, 2.75) is 12.8 Å². The molecule has 0 aliphatic heterocycles. The number of hydrogen-bond acceptors (Lipinski definition) is 4. The lowest BCUT2D eigenvalue weighted by atomic mass is 10.5. The van der Waals surface area contributed by atoms with E-state index >= 15 is 0 Å². The van der Waals surface area contributed by atoms with Crippen molar-refractivity contribution in [1.82, 2.24) is 0 Å². The van der Waals surface area contributed by atoms with Crippen molar-refractivity contribution in [2.24, 2.45) is 0 Å². The van der Waals surface area contributed by atoms with Crippen molar-refractivity contribution in [3.63, 3.8) is 0 Å². The predicted octanol–water partition coefficient (Wildman–Crippen LogP) is 1.69. The highest BCUT2D eigenvalue weighted by molar-refractivity contribution is 8.05. The molecular weight excluding hydrogens is 192 g/mol. The third-order valence-electron chi connectivity index (χ3n) is 1.09. The lowest BCUT2D eigenvalue weighted by molar-refractivity contribution is 0.296. The number of rotatable bonds is 8. The highest BCUT2D eigenvalue weighted by Gasteiger charge is 1.84. The van der Waals surface area contributed by atoms with Gasteiger partial charge < -0.3 is 10.2 Å². The van der Waals surface area contributed by atoms with Crippen LogP contribution in [0.3, 0.4) is 0 Å². The summed E-state index contributed by atoms with van der Waals surface area (Å²) in [4.78, 5) is 0. The van der Waals surface area contributed by atoms with Crippen molar-refractivity contribution < 1.29 is 10.2 Å². The molecule has 0 fully saturated rings. The Bertz CT molecular complexity index is 95.2. The number of aliphatic hydroxyl groups excluding tert-OH is 2. The van der Waals surface area contributed by atoms with Gasteiger partial charge in [-0.3, -0.25) is 0 Å². The third-order valence-corrected chi connectivity index (χ3v) is 2.97. The Labute approximate surface area is 82.4 Å². The zero-order valence-electron chi connectivity index (χ0n) is 7.11. The van der Waals surface area contributed by atoms with Gasteiger partial charge in [0.15, 0.2) is 0 Å². The van der Waals surface area contributed by atoms with Crippen LogP contribution < -0.4 is 0 Å². The van der Waals surface area contributed by atoms with Gasteiger partial charge in [-0.15, -0.1) is 23.5 Å². The first-order valence-electron chi connectivity index (χ1n) is 4.01. The Morgan fingerprint density at radius 1 is 0.833 bits per heavy atom. The number of hydrogen-bond donors (Lipinski definition) is 2. The Kier molecular flexibility index (Phi) is 11.7. The van der Waals surface area contributed by atoms with Crippen LogP contribution in [0, 0.1) is 0 Å². The van der Waals surface area contributed by atoms with E-state index in [0.29, 0.717) is 0 Å². The largest absolute Gasteiger partial charge is 0.396 e. The topological polar surface area (TPSA) is 40.5 Å². The van der Waals surface area contributed by atoms with Gasteiger partial charge in [0.05, 0.1) is 0 Å². The highest BCUT2D eigenvalue weighted by atomic mass is 32.2. The van der Waals surface area contributed by atoms with Crippen LogP contribution in [0.2, 0.25) is 0 Å². The zero-order valence-corrected chi connectivity index (χ0v) is 8.74. The van der Waals surface area contributed by atoms with Crippen LogP contribution in [-0.4, -0.2) is 34.9 Å². The molecule has 0 aliphatic carbocycles. The standard InChI is InChI=1S/C8H16O2S2/c9-3-1-5-11-7-8-12-6-2-4-10/h7-10H,1-6H2/b8-7-. The van der Waals surface area contributed by atoms with E-state index in [-0.39, 0.29) is 13.2 Å². The van der Waals surface area contributed by atoms with Crippen LogP contribution in [0.25, 0.3) is 0 Å². The summed E-state index contributed by atoms with van der Waals surface area (Å²) in [5.74, 6) is 1.96. The minimum Gasteiger partial charge on any atom is -0.396 e. The molecule has 0 saturated heterocycles. The van der Waals surface area contributed by atoms with Crippen LogP contribution in [0.1, 0.15) is 12.8 Å². The second kappa shape index (κ2) is 11.4. The highest BCUT2D eigenvalue weighted by Crippen LogP contribution is 2.10. The molecular formula is C8H16O2S2. The molecule has 2 nitrogen and oxygen atoms in total. The fourth-order valence-electron chi connectivity index (χ4n) is 0.510. The summed E-state index contributed by atoms with van der Waals surface area (Å²) >= 11 is 3.42. The van der Waals surface area contributed by atoms with Crippen molar-refractivity contribution >= 4 is 23.5 Å². The van der Waals surface area contributed by atoms with Crippen LogP contribution >= 0.6 is 23.5 Å². The second-order valence-corrected chi connectivity index (χ2v) is 4.20. The molecule has 2 N–H and O–H groups in total. The maximum atomic E-state index is 8.47. The molecule has 0 aliphatic rings. The van der Waals surface area contributed by atoms with Gasteiger partial charge in [-0.2, -0.15) is 0 Å². The van der Waals surface area contributed by atoms with Crippen LogP contribution in [0.4, 0.5) is 0 Å². The van der Waals surface area contributed by atoms with E-state index in [4.69, 9.17) is 10.2 Å². The SMILES string of the molecule is OCCCS/C=C\SCCCO. The van der Waals surface area contributed by atoms with E-state index < -0.39 is 0 Å². The van der Waals surface area contributed by atoms with Gasteiger partial charge in [0.2, 0.25) is 0 Å². The summed E-state index contributed by atoms with van der Waals surface area (Å²) in [7, 11) is 0. The van der Waals surface area contributed by atoms with Crippen molar-refractivity contribution in [3.05, 3.63) is 10.8 Å². The van der Waals surface area contributed by atoms with Gasteiger partial charge in [-0.05, 0) is 35.2 Å². The molecule has 0 unspecified atom stereocenters. The van der Waals surface area contributed by atoms with Gasteiger partial charge in [-0.1, -0.05) is 0 Å². The molecule has 0 radical (unpaired) electrons. The molecule has 72 valence electrons. The maximum absolute atomic E-state index is 8.47. The van der Waals surface area contributed by atoms with E-state index in [9.17, 15) is 0 Å². The van der Waals surface area contributed by atoms with Gasteiger partial charge in [-0.25, -0.2) is 0 Å². The molecule has 0 aromatic heterocycles. The monoisotopic (exact) mass is 208 g/mol. The van der Waals surface area contributed by atoms with Crippen molar-refractivity contribution in [2.75, 3.05) is 24.7 Å². The Morgan fingerprint density at radius 2 is 1.25 bits per heavy atom. The Balaban J connectivity index is 2.93. The molecule has 4 heteroatoms. The van der Waals surface area contributed by atoms with Crippen molar-refractivity contribution in [3.8, 4) is 0 Å². The van der Waals surface area contributed by atoms with E-state index in [2.05, 4.69) is 0 Å². The van der Waals surface area contributed by atoms with Crippen LogP contribution in [0.5, 0.6) is 0 Å². The average Bonchev–Trinajstić information content (AvgIpc) is 2.10. The van der Waals surface area contributed by atoms with E-state index in [1.165, 1.54) is 0 Å². The summed E-state index contributed by atoms with van der Waals surface area (Å²) in [5, 5.41) is 21.0. The predicted molar refractivity (Wildman–Crippen MR) is 57.5 cm³/mol. The second-order valence-electron chi connectivity index (χ2n) is 2.17. The van der Waals surface area contributed by atoms with E-state index in [1.54, 1.807) is 23.5 Å². The molecule has 0 amide bonds. The molecule has 0 bridgehead atoms. The molecule has 0 atom stereocenters. The minimum atomic E-state index is 0.276. The molecule has 0 aromatic carbocycles. The normalized spacial score (nSPS) is 11.2.